The molecule has 86 valence electrons. The van der Waals surface area contributed by atoms with Crippen LogP contribution >= 0.6 is 11.6 Å². The third-order valence-corrected chi connectivity index (χ3v) is 2.90. The number of oxazole rings is 1. The quantitative estimate of drug-likeness (QED) is 0.893. The Morgan fingerprint density at radius 3 is 2.94 bits per heavy atom. The number of nitrogens with two attached hydrogens (primary N) is 1. The van der Waals surface area contributed by atoms with E-state index in [4.69, 9.17) is 21.8 Å². The molecule has 0 amide bonds. The van der Waals surface area contributed by atoms with Crippen LogP contribution in [0, 0.1) is 6.92 Å². The molecule has 3 nitrogen and oxygen atoms in total. The highest BCUT2D eigenvalue weighted by molar-refractivity contribution is 6.31. The molecule has 2 N–H and O–H groups in total. The van der Waals surface area contributed by atoms with Crippen LogP contribution in [0.2, 0.25) is 5.02 Å². The summed E-state index contributed by atoms with van der Waals surface area (Å²) >= 11 is 5.97. The van der Waals surface area contributed by atoms with Crippen LogP contribution in [-0.4, -0.2) is 11.5 Å². The number of hydrogen-bond donors (Lipinski definition) is 1. The fourth-order valence-corrected chi connectivity index (χ4v) is 2.03. The van der Waals surface area contributed by atoms with Crippen LogP contribution in [0.1, 0.15) is 30.7 Å². The molecule has 1 aromatic carbocycles. The molecule has 16 heavy (non-hydrogen) atoms. The van der Waals surface area contributed by atoms with Crippen molar-refractivity contribution in [2.75, 3.05) is 6.54 Å². The van der Waals surface area contributed by atoms with Crippen molar-refractivity contribution >= 4 is 22.7 Å². The van der Waals surface area contributed by atoms with E-state index in [9.17, 15) is 0 Å². The van der Waals surface area contributed by atoms with Crippen LogP contribution in [0.3, 0.4) is 0 Å². The van der Waals surface area contributed by atoms with Gasteiger partial charge in [-0.2, -0.15) is 0 Å². The Bertz CT molecular complexity index is 507. The molecule has 0 radical (unpaired) electrons. The van der Waals surface area contributed by atoms with Crippen LogP contribution in [0.15, 0.2) is 16.5 Å². The lowest BCUT2D eigenvalue weighted by atomic mass is 10.1. The molecule has 0 aliphatic rings. The maximum Gasteiger partial charge on any atom is 0.198 e. The minimum atomic E-state index is 0.246. The highest BCUT2D eigenvalue weighted by atomic mass is 35.5. The number of benzene rings is 1. The molecule has 0 saturated carbocycles. The van der Waals surface area contributed by atoms with E-state index in [1.807, 2.05) is 19.1 Å². The van der Waals surface area contributed by atoms with Crippen LogP contribution in [0.5, 0.6) is 0 Å². The third-order valence-electron chi connectivity index (χ3n) is 2.68. The summed E-state index contributed by atoms with van der Waals surface area (Å²) in [5, 5.41) is 0.691. The molecule has 1 heterocycles. The normalized spacial score (nSPS) is 13.2. The van der Waals surface area contributed by atoms with Crippen molar-refractivity contribution in [3.63, 3.8) is 0 Å². The second-order valence-electron chi connectivity index (χ2n) is 4.10. The maximum absolute atomic E-state index is 5.97. The molecule has 0 spiro atoms. The standard InChI is InChI=1S/C12H15ClN2O/c1-7(3-4-14)12-15-10-6-9(13)5-8(2)11(10)16-12/h5-7H,3-4,14H2,1-2H3. The number of aromatic nitrogens is 1. The molecule has 1 atom stereocenters. The Labute approximate surface area is 99.6 Å². The number of fused-ring (bicyclic) bond motifs is 1. The first-order valence-corrected chi connectivity index (χ1v) is 5.76. The van der Waals surface area contributed by atoms with Crippen LogP contribution in [0.25, 0.3) is 11.1 Å². The Kier molecular flexibility index (Phi) is 3.17. The molecule has 0 bridgehead atoms. The molecule has 2 rings (SSSR count). The Hall–Kier alpha value is -1.06. The van der Waals surface area contributed by atoms with E-state index in [1.54, 1.807) is 0 Å². The van der Waals surface area contributed by atoms with E-state index in [0.717, 1.165) is 29.0 Å². The molecule has 0 aliphatic heterocycles. The lowest BCUT2D eigenvalue weighted by Gasteiger charge is -2.03. The Morgan fingerprint density at radius 2 is 2.25 bits per heavy atom. The molecule has 0 saturated heterocycles. The van der Waals surface area contributed by atoms with E-state index >= 15 is 0 Å². The van der Waals surface area contributed by atoms with E-state index in [1.165, 1.54) is 0 Å². The van der Waals surface area contributed by atoms with Gasteiger partial charge in [0, 0.05) is 10.9 Å². The molecule has 0 aliphatic carbocycles. The molecule has 1 aromatic heterocycles. The number of aryl methyl sites for hydroxylation is 1. The largest absolute Gasteiger partial charge is 0.440 e. The van der Waals surface area contributed by atoms with Gasteiger partial charge in [-0.15, -0.1) is 0 Å². The zero-order valence-electron chi connectivity index (χ0n) is 9.46. The zero-order valence-corrected chi connectivity index (χ0v) is 10.2. The third kappa shape index (κ3) is 2.06. The van der Waals surface area contributed by atoms with Gasteiger partial charge in [-0.3, -0.25) is 0 Å². The van der Waals surface area contributed by atoms with Gasteiger partial charge in [-0.1, -0.05) is 18.5 Å². The molecule has 1 unspecified atom stereocenters. The van der Waals surface area contributed by atoms with Crippen molar-refractivity contribution in [2.24, 2.45) is 5.73 Å². The molecular formula is C12H15ClN2O. The summed E-state index contributed by atoms with van der Waals surface area (Å²) in [5.74, 6) is 0.987. The van der Waals surface area contributed by atoms with Gasteiger partial charge in [0.05, 0.1) is 0 Å². The van der Waals surface area contributed by atoms with Crippen molar-refractivity contribution in [1.29, 1.82) is 0 Å². The van der Waals surface area contributed by atoms with E-state index in [-0.39, 0.29) is 5.92 Å². The van der Waals surface area contributed by atoms with Gasteiger partial charge in [0.25, 0.3) is 0 Å². The monoisotopic (exact) mass is 238 g/mol. The average molecular weight is 239 g/mol. The van der Waals surface area contributed by atoms with Crippen LogP contribution in [0.4, 0.5) is 0 Å². The minimum Gasteiger partial charge on any atom is -0.440 e. The van der Waals surface area contributed by atoms with E-state index in [0.29, 0.717) is 11.6 Å². The van der Waals surface area contributed by atoms with Gasteiger partial charge in [0.2, 0.25) is 0 Å². The van der Waals surface area contributed by atoms with Gasteiger partial charge < -0.3 is 10.2 Å². The SMILES string of the molecule is Cc1cc(Cl)cc2nc(C(C)CCN)oc12. The zero-order chi connectivity index (χ0) is 11.7. The highest BCUT2D eigenvalue weighted by Gasteiger charge is 2.14. The topological polar surface area (TPSA) is 52.0 Å². The molecular weight excluding hydrogens is 224 g/mol. The minimum absolute atomic E-state index is 0.246. The lowest BCUT2D eigenvalue weighted by Crippen LogP contribution is -2.04. The first-order chi connectivity index (χ1) is 7.61. The van der Waals surface area contributed by atoms with Crippen molar-refractivity contribution < 1.29 is 4.42 Å². The fraction of sp³-hybridized carbons (Fsp3) is 0.417. The molecule has 2 aromatic rings. The van der Waals surface area contributed by atoms with Gasteiger partial charge in [-0.05, 0) is 37.6 Å². The number of halogens is 1. The first-order valence-electron chi connectivity index (χ1n) is 5.38. The van der Waals surface area contributed by atoms with Crippen molar-refractivity contribution in [3.05, 3.63) is 28.6 Å². The summed E-state index contributed by atoms with van der Waals surface area (Å²) in [4.78, 5) is 4.45. The van der Waals surface area contributed by atoms with Crippen molar-refractivity contribution in [2.45, 2.75) is 26.2 Å². The van der Waals surface area contributed by atoms with E-state index < -0.39 is 0 Å². The first kappa shape index (κ1) is 11.4. The number of rotatable bonds is 3. The second kappa shape index (κ2) is 4.44. The summed E-state index contributed by atoms with van der Waals surface area (Å²) < 4.78 is 5.74. The highest BCUT2D eigenvalue weighted by Crippen LogP contribution is 2.27. The number of hydrogen-bond acceptors (Lipinski definition) is 3. The van der Waals surface area contributed by atoms with Gasteiger partial charge in [0.15, 0.2) is 11.5 Å². The van der Waals surface area contributed by atoms with Crippen LogP contribution in [-0.2, 0) is 0 Å². The van der Waals surface area contributed by atoms with Crippen LogP contribution < -0.4 is 5.73 Å². The van der Waals surface area contributed by atoms with Gasteiger partial charge in [0.1, 0.15) is 5.52 Å². The number of nitrogens with zero attached hydrogens (tertiary/aromatic N) is 1. The summed E-state index contributed by atoms with van der Waals surface area (Å²) in [6.07, 6.45) is 0.875. The Morgan fingerprint density at radius 1 is 1.50 bits per heavy atom. The summed E-state index contributed by atoms with van der Waals surface area (Å²) in [6.45, 7) is 4.67. The summed E-state index contributed by atoms with van der Waals surface area (Å²) in [6, 6.07) is 3.71. The lowest BCUT2D eigenvalue weighted by molar-refractivity contribution is 0.472. The Balaban J connectivity index is 2.47. The molecule has 0 fully saturated rings. The van der Waals surface area contributed by atoms with Crippen molar-refractivity contribution in [3.8, 4) is 0 Å². The van der Waals surface area contributed by atoms with E-state index in [2.05, 4.69) is 11.9 Å². The summed E-state index contributed by atoms with van der Waals surface area (Å²) in [5.41, 5.74) is 8.18. The van der Waals surface area contributed by atoms with Gasteiger partial charge in [-0.25, -0.2) is 4.98 Å². The smallest absolute Gasteiger partial charge is 0.198 e. The maximum atomic E-state index is 5.97. The predicted molar refractivity (Wildman–Crippen MR) is 65.8 cm³/mol. The average Bonchev–Trinajstić information content (AvgIpc) is 2.62. The van der Waals surface area contributed by atoms with Gasteiger partial charge >= 0.3 is 0 Å². The molecule has 4 heteroatoms. The summed E-state index contributed by atoms with van der Waals surface area (Å²) in [7, 11) is 0. The van der Waals surface area contributed by atoms with Crippen molar-refractivity contribution in [1.82, 2.24) is 4.98 Å². The fourth-order valence-electron chi connectivity index (χ4n) is 1.76. The predicted octanol–water partition coefficient (Wildman–Crippen LogP) is 3.24. The second-order valence-corrected chi connectivity index (χ2v) is 4.54.